The lowest BCUT2D eigenvalue weighted by Gasteiger charge is -2.37. The minimum absolute atomic E-state index is 0.0638. The summed E-state index contributed by atoms with van der Waals surface area (Å²) in [7, 11) is 1.24. The Kier molecular flexibility index (Phi) is 11.3. The summed E-state index contributed by atoms with van der Waals surface area (Å²) in [5, 5.41) is 22.3. The van der Waals surface area contributed by atoms with Crippen molar-refractivity contribution in [3.63, 3.8) is 0 Å². The second-order valence-corrected chi connectivity index (χ2v) is 13.4. The van der Waals surface area contributed by atoms with E-state index in [1.165, 1.54) is 12.0 Å². The zero-order valence-corrected chi connectivity index (χ0v) is 27.8. The van der Waals surface area contributed by atoms with Crippen LogP contribution in [0.2, 0.25) is 0 Å². The van der Waals surface area contributed by atoms with E-state index in [1.54, 1.807) is 13.0 Å². The summed E-state index contributed by atoms with van der Waals surface area (Å²) in [6.45, 7) is 8.00. The molecule has 2 aromatic carbocycles. The number of halogens is 3. The number of carbonyl (C=O) groups excluding carboxylic acids is 2. The highest BCUT2D eigenvalue weighted by atomic mass is 19.4. The fourth-order valence-electron chi connectivity index (χ4n) is 6.84. The Hall–Kier alpha value is -3.19. The highest BCUT2D eigenvalue weighted by molar-refractivity contribution is 5.89. The number of ether oxygens (including phenoxy) is 4. The van der Waals surface area contributed by atoms with Gasteiger partial charge in [-0.1, -0.05) is 45.0 Å². The van der Waals surface area contributed by atoms with Gasteiger partial charge in [0.1, 0.15) is 23.5 Å². The number of nitrogens with zero attached hydrogens (tertiary/aromatic N) is 1. The van der Waals surface area contributed by atoms with E-state index in [9.17, 15) is 33.0 Å². The van der Waals surface area contributed by atoms with E-state index in [4.69, 9.17) is 18.9 Å². The smallest absolute Gasteiger partial charge is 0.416 e. The summed E-state index contributed by atoms with van der Waals surface area (Å²) in [4.78, 5) is 29.8. The number of rotatable bonds is 10. The first-order valence-electron chi connectivity index (χ1n) is 16.0. The highest BCUT2D eigenvalue weighted by Crippen LogP contribution is 2.51. The van der Waals surface area contributed by atoms with Crippen LogP contribution < -0.4 is 4.74 Å². The number of aryl methyl sites for hydroxylation is 1. The van der Waals surface area contributed by atoms with Gasteiger partial charge >= 0.3 is 12.1 Å². The lowest BCUT2D eigenvalue weighted by Crippen LogP contribution is -2.51. The quantitative estimate of drug-likeness (QED) is 0.328. The van der Waals surface area contributed by atoms with Crippen LogP contribution in [-0.2, 0) is 35.6 Å². The Morgan fingerprint density at radius 2 is 1.79 bits per heavy atom. The van der Waals surface area contributed by atoms with E-state index in [-0.39, 0.29) is 17.9 Å². The fourth-order valence-corrected chi connectivity index (χ4v) is 6.84. The van der Waals surface area contributed by atoms with Gasteiger partial charge in [0.25, 0.3) is 5.91 Å². The van der Waals surface area contributed by atoms with Gasteiger partial charge in [-0.3, -0.25) is 4.79 Å². The number of likely N-dealkylation sites (tertiary alicyclic amines) is 1. The highest BCUT2D eigenvalue weighted by Gasteiger charge is 2.60. The van der Waals surface area contributed by atoms with E-state index >= 15 is 0 Å². The molecule has 0 aliphatic carbocycles. The molecule has 6 atom stereocenters. The van der Waals surface area contributed by atoms with Gasteiger partial charge in [0, 0.05) is 18.1 Å². The number of carbonyl (C=O) groups is 2. The molecule has 2 aliphatic rings. The van der Waals surface area contributed by atoms with Gasteiger partial charge in [0.05, 0.1) is 44.6 Å². The van der Waals surface area contributed by atoms with E-state index in [0.29, 0.717) is 18.6 Å². The first kappa shape index (κ1) is 36.6. The van der Waals surface area contributed by atoms with Gasteiger partial charge in [-0.15, -0.1) is 0 Å². The molecule has 9 nitrogen and oxygen atoms in total. The van der Waals surface area contributed by atoms with Crippen LogP contribution in [0.4, 0.5) is 13.2 Å². The molecule has 2 N–H and O–H groups in total. The largest absolute Gasteiger partial charge is 0.496 e. The molecule has 2 aliphatic heterocycles. The van der Waals surface area contributed by atoms with Crippen molar-refractivity contribution in [3.8, 4) is 5.75 Å². The third kappa shape index (κ3) is 7.61. The molecule has 12 heteroatoms. The second kappa shape index (κ2) is 14.5. The first-order valence-corrected chi connectivity index (χ1v) is 16.0. The molecule has 2 heterocycles. The van der Waals surface area contributed by atoms with Crippen molar-refractivity contribution >= 4 is 11.9 Å². The van der Waals surface area contributed by atoms with Gasteiger partial charge in [-0.25, -0.2) is 4.79 Å². The zero-order valence-electron chi connectivity index (χ0n) is 27.8. The monoisotopic (exact) mass is 665 g/mol. The van der Waals surface area contributed by atoms with Crippen LogP contribution in [0.5, 0.6) is 5.75 Å². The van der Waals surface area contributed by atoms with Crippen molar-refractivity contribution in [2.45, 2.75) is 90.0 Å². The molecule has 2 saturated heterocycles. The number of methoxy groups -OCH3 is 1. The Morgan fingerprint density at radius 3 is 2.34 bits per heavy atom. The molecular formula is C35H46F3NO8. The van der Waals surface area contributed by atoms with Crippen molar-refractivity contribution in [2.75, 3.05) is 33.5 Å². The topological polar surface area (TPSA) is 115 Å². The maximum Gasteiger partial charge on any atom is 0.416 e. The summed E-state index contributed by atoms with van der Waals surface area (Å²) in [5.41, 5.74) is -2.92. The maximum atomic E-state index is 14.5. The molecule has 0 spiro atoms. The van der Waals surface area contributed by atoms with Gasteiger partial charge in [-0.2, -0.15) is 13.2 Å². The number of aliphatic hydroxyl groups excluding tert-OH is 1. The minimum atomic E-state index is -4.73. The van der Waals surface area contributed by atoms with Crippen molar-refractivity contribution < 1.29 is 51.9 Å². The van der Waals surface area contributed by atoms with Gasteiger partial charge in [0.2, 0.25) is 0 Å². The average molecular weight is 666 g/mol. The first-order chi connectivity index (χ1) is 22.1. The molecule has 0 radical (unpaired) electrons. The lowest BCUT2D eigenvalue weighted by atomic mass is 9.73. The van der Waals surface area contributed by atoms with Gasteiger partial charge in [0.15, 0.2) is 0 Å². The van der Waals surface area contributed by atoms with E-state index in [2.05, 4.69) is 0 Å². The molecular weight excluding hydrogens is 619 g/mol. The van der Waals surface area contributed by atoms with Crippen molar-refractivity contribution in [2.24, 2.45) is 11.3 Å². The summed E-state index contributed by atoms with van der Waals surface area (Å²) in [6, 6.07) is 7.98. The van der Waals surface area contributed by atoms with Crippen LogP contribution in [-0.4, -0.2) is 78.8 Å². The Bertz CT molecular complexity index is 1400. The van der Waals surface area contributed by atoms with Crippen LogP contribution >= 0.6 is 0 Å². The van der Waals surface area contributed by atoms with Crippen LogP contribution in [0, 0.1) is 18.3 Å². The number of alkyl halides is 3. The minimum Gasteiger partial charge on any atom is -0.496 e. The summed E-state index contributed by atoms with van der Waals surface area (Å²) >= 11 is 0. The van der Waals surface area contributed by atoms with Crippen molar-refractivity contribution in [1.29, 1.82) is 0 Å². The van der Waals surface area contributed by atoms with Gasteiger partial charge < -0.3 is 34.1 Å². The fraction of sp³-hybridized carbons (Fsp3) is 0.600. The van der Waals surface area contributed by atoms with E-state index in [1.807, 2.05) is 45.9 Å². The van der Waals surface area contributed by atoms with Crippen LogP contribution in [0.15, 0.2) is 42.5 Å². The molecule has 0 aromatic heterocycles. The molecule has 4 rings (SSSR count). The van der Waals surface area contributed by atoms with Gasteiger partial charge in [-0.05, 0) is 67.9 Å². The Labute approximate surface area is 273 Å². The van der Waals surface area contributed by atoms with E-state index < -0.39 is 78.1 Å². The van der Waals surface area contributed by atoms with Crippen molar-refractivity contribution in [3.05, 3.63) is 64.7 Å². The summed E-state index contributed by atoms with van der Waals surface area (Å²) in [6.07, 6.45) is -4.46. The summed E-state index contributed by atoms with van der Waals surface area (Å²) < 4.78 is 64.5. The van der Waals surface area contributed by atoms with Crippen molar-refractivity contribution in [1.82, 2.24) is 4.90 Å². The predicted molar refractivity (Wildman–Crippen MR) is 166 cm³/mol. The number of benzene rings is 2. The Balaban J connectivity index is 1.89. The molecule has 0 bridgehead atoms. The third-order valence-electron chi connectivity index (χ3n) is 9.15. The lowest BCUT2D eigenvalue weighted by molar-refractivity contribution is -0.162. The predicted octanol–water partition coefficient (Wildman–Crippen LogP) is 5.33. The number of amides is 1. The van der Waals surface area contributed by atoms with Crippen LogP contribution in [0.1, 0.15) is 75.3 Å². The maximum absolute atomic E-state index is 14.5. The van der Waals surface area contributed by atoms with E-state index in [0.717, 1.165) is 36.6 Å². The molecule has 260 valence electrons. The second-order valence-electron chi connectivity index (χ2n) is 13.4. The van der Waals surface area contributed by atoms with Crippen LogP contribution in [0.3, 0.4) is 0 Å². The third-order valence-corrected chi connectivity index (χ3v) is 9.15. The molecule has 0 unspecified atom stereocenters. The molecule has 2 aromatic rings. The normalized spacial score (nSPS) is 24.9. The number of aliphatic hydroxyl groups is 2. The Morgan fingerprint density at radius 1 is 1.09 bits per heavy atom. The number of hydrogen-bond acceptors (Lipinski definition) is 8. The molecule has 47 heavy (non-hydrogen) atoms. The summed E-state index contributed by atoms with van der Waals surface area (Å²) in [5.74, 6) is -1.82. The number of hydrogen-bond donors (Lipinski definition) is 2. The van der Waals surface area contributed by atoms with Crippen LogP contribution in [0.25, 0.3) is 0 Å². The average Bonchev–Trinajstić information content (AvgIpc) is 3.39. The zero-order chi connectivity index (χ0) is 34.7. The standard InChI is InChI=1S/C35H46F3NO8/c1-7-45-32(42)29-27(33(3,4)5)30(47-20-34(43,19-40)24-18-22(35(36,37)38)15-16-25(24)44-6)28(23-13-9-8-12-21(23)2)39(29)31(41)26-14-10-11-17-46-26/h8-9,12-13,15-16,18,26-30,40,43H,7,10-11,14,17,19-20H2,1-6H3/t26-,27+,28-,29-,30-,34-/m0/s1. The number of esters is 1. The molecule has 1 amide bonds. The molecule has 0 saturated carbocycles. The SMILES string of the molecule is CCOC(=O)[C@@H]1[C@@H](C(C)(C)C)[C@H](OC[C@@](O)(CO)c2cc(C(F)(F)F)ccc2OC)[C@H](c2ccccc2C)N1C(=O)[C@@H]1CCCCO1. The molecule has 2 fully saturated rings.